The summed E-state index contributed by atoms with van der Waals surface area (Å²) in [5, 5.41) is 5.41. The monoisotopic (exact) mass is 264 g/mol. The molecular formula is C13H16N2O2S. The van der Waals surface area contributed by atoms with Gasteiger partial charge in [0.25, 0.3) is 0 Å². The first-order valence-corrected chi connectivity index (χ1v) is 6.55. The Morgan fingerprint density at radius 3 is 2.33 bits per heavy atom. The van der Waals surface area contributed by atoms with Crippen LogP contribution < -0.4 is 14.8 Å². The van der Waals surface area contributed by atoms with Gasteiger partial charge in [0.05, 0.1) is 31.5 Å². The number of nitrogens with zero attached hydrogens (tertiary/aromatic N) is 1. The van der Waals surface area contributed by atoms with Crippen LogP contribution in [0.1, 0.15) is 18.7 Å². The predicted octanol–water partition coefficient (Wildman–Crippen LogP) is 3.33. The van der Waals surface area contributed by atoms with Crippen LogP contribution in [-0.4, -0.2) is 19.2 Å². The molecule has 1 atom stereocenters. The van der Waals surface area contributed by atoms with E-state index in [2.05, 4.69) is 17.2 Å². The minimum atomic E-state index is 0.146. The summed E-state index contributed by atoms with van der Waals surface area (Å²) in [7, 11) is 3.28. The van der Waals surface area contributed by atoms with Crippen molar-refractivity contribution in [1.29, 1.82) is 0 Å². The number of nitrogens with one attached hydrogen (secondary N) is 1. The summed E-state index contributed by atoms with van der Waals surface area (Å²) in [4.78, 5) is 4.29. The third-order valence-corrected chi connectivity index (χ3v) is 3.23. The van der Waals surface area contributed by atoms with E-state index in [1.54, 1.807) is 25.6 Å². The third-order valence-electron chi connectivity index (χ3n) is 2.63. The van der Waals surface area contributed by atoms with Gasteiger partial charge in [-0.05, 0) is 6.92 Å². The maximum Gasteiger partial charge on any atom is 0.124 e. The van der Waals surface area contributed by atoms with Crippen molar-refractivity contribution < 1.29 is 9.47 Å². The first-order valence-electron chi connectivity index (χ1n) is 5.60. The molecule has 1 heterocycles. The van der Waals surface area contributed by atoms with Crippen molar-refractivity contribution in [3.8, 4) is 11.5 Å². The molecule has 0 bridgehead atoms. The summed E-state index contributed by atoms with van der Waals surface area (Å²) in [6.07, 6.45) is 0. The molecule has 1 aromatic carbocycles. The van der Waals surface area contributed by atoms with E-state index in [1.165, 1.54) is 0 Å². The molecular weight excluding hydrogens is 248 g/mol. The Hall–Kier alpha value is -1.75. The number of hydrogen-bond donors (Lipinski definition) is 1. The summed E-state index contributed by atoms with van der Waals surface area (Å²) < 4.78 is 10.5. The van der Waals surface area contributed by atoms with E-state index in [0.29, 0.717) is 0 Å². The highest BCUT2D eigenvalue weighted by molar-refractivity contribution is 7.07. The number of anilines is 1. The molecule has 4 nitrogen and oxygen atoms in total. The lowest BCUT2D eigenvalue weighted by molar-refractivity contribution is 0.394. The van der Waals surface area contributed by atoms with E-state index in [-0.39, 0.29) is 6.04 Å². The average Bonchev–Trinajstić information content (AvgIpc) is 2.92. The number of thiazole rings is 1. The van der Waals surface area contributed by atoms with Crippen molar-refractivity contribution in [2.24, 2.45) is 0 Å². The van der Waals surface area contributed by atoms with Crippen LogP contribution in [0.4, 0.5) is 5.69 Å². The van der Waals surface area contributed by atoms with Gasteiger partial charge in [0.1, 0.15) is 11.5 Å². The number of rotatable bonds is 5. The Balaban J connectivity index is 2.17. The van der Waals surface area contributed by atoms with Gasteiger partial charge in [0.15, 0.2) is 0 Å². The molecule has 0 aliphatic heterocycles. The summed E-state index contributed by atoms with van der Waals surface area (Å²) >= 11 is 1.59. The molecule has 0 radical (unpaired) electrons. The quantitative estimate of drug-likeness (QED) is 0.899. The highest BCUT2D eigenvalue weighted by Gasteiger charge is 2.09. The van der Waals surface area contributed by atoms with Crippen molar-refractivity contribution in [1.82, 2.24) is 4.98 Å². The van der Waals surface area contributed by atoms with E-state index in [0.717, 1.165) is 22.9 Å². The van der Waals surface area contributed by atoms with Crippen LogP contribution in [0.2, 0.25) is 0 Å². The topological polar surface area (TPSA) is 43.4 Å². The van der Waals surface area contributed by atoms with Crippen LogP contribution in [0.25, 0.3) is 0 Å². The van der Waals surface area contributed by atoms with Crippen molar-refractivity contribution >= 4 is 17.0 Å². The Kier molecular flexibility index (Phi) is 4.04. The zero-order valence-corrected chi connectivity index (χ0v) is 11.5. The smallest absolute Gasteiger partial charge is 0.124 e. The minimum absolute atomic E-state index is 0.146. The van der Waals surface area contributed by atoms with Gasteiger partial charge in [-0.1, -0.05) is 0 Å². The fraction of sp³-hybridized carbons (Fsp3) is 0.308. The van der Waals surface area contributed by atoms with Crippen LogP contribution in [0, 0.1) is 0 Å². The van der Waals surface area contributed by atoms with Crippen LogP contribution in [0.3, 0.4) is 0 Å². The molecule has 5 heteroatoms. The molecule has 1 N–H and O–H groups in total. The van der Waals surface area contributed by atoms with Crippen molar-refractivity contribution in [3.05, 3.63) is 34.8 Å². The Bertz CT molecular complexity index is 477. The van der Waals surface area contributed by atoms with Gasteiger partial charge in [-0.15, -0.1) is 11.3 Å². The maximum atomic E-state index is 5.24. The number of hydrogen-bond acceptors (Lipinski definition) is 5. The maximum absolute atomic E-state index is 5.24. The first-order chi connectivity index (χ1) is 8.72. The summed E-state index contributed by atoms with van der Waals surface area (Å²) in [6.45, 7) is 2.07. The van der Waals surface area contributed by atoms with Crippen LogP contribution in [-0.2, 0) is 0 Å². The molecule has 0 aliphatic rings. The third kappa shape index (κ3) is 2.92. The molecule has 0 aliphatic carbocycles. The molecule has 2 aromatic rings. The number of ether oxygens (including phenoxy) is 2. The zero-order valence-electron chi connectivity index (χ0n) is 10.6. The predicted molar refractivity (Wildman–Crippen MR) is 73.7 cm³/mol. The Morgan fingerprint density at radius 1 is 1.17 bits per heavy atom. The second-order valence-corrected chi connectivity index (χ2v) is 4.60. The first kappa shape index (κ1) is 12.7. The van der Waals surface area contributed by atoms with Gasteiger partial charge in [-0.3, -0.25) is 0 Å². The van der Waals surface area contributed by atoms with Crippen LogP contribution in [0.5, 0.6) is 11.5 Å². The molecule has 1 unspecified atom stereocenters. The molecule has 18 heavy (non-hydrogen) atoms. The normalized spacial score (nSPS) is 11.9. The summed E-state index contributed by atoms with van der Waals surface area (Å²) in [5.41, 5.74) is 3.81. The number of aromatic nitrogens is 1. The lowest BCUT2D eigenvalue weighted by Crippen LogP contribution is -2.07. The van der Waals surface area contributed by atoms with Gasteiger partial charge in [0.2, 0.25) is 0 Å². The van der Waals surface area contributed by atoms with Gasteiger partial charge < -0.3 is 14.8 Å². The molecule has 2 rings (SSSR count). The molecule has 0 fully saturated rings. The molecule has 0 saturated heterocycles. The average molecular weight is 264 g/mol. The van der Waals surface area contributed by atoms with Crippen molar-refractivity contribution in [3.63, 3.8) is 0 Å². The number of benzene rings is 1. The lowest BCUT2D eigenvalue weighted by Gasteiger charge is -2.15. The van der Waals surface area contributed by atoms with Crippen molar-refractivity contribution in [2.45, 2.75) is 13.0 Å². The van der Waals surface area contributed by atoms with E-state index in [1.807, 2.05) is 29.1 Å². The fourth-order valence-electron chi connectivity index (χ4n) is 1.65. The zero-order chi connectivity index (χ0) is 13.0. The summed E-state index contributed by atoms with van der Waals surface area (Å²) in [6, 6.07) is 5.86. The number of methoxy groups -OCH3 is 2. The molecule has 0 saturated carbocycles. The van der Waals surface area contributed by atoms with Crippen molar-refractivity contribution in [2.75, 3.05) is 19.5 Å². The van der Waals surface area contributed by atoms with Gasteiger partial charge in [-0.2, -0.15) is 0 Å². The fourth-order valence-corrected chi connectivity index (χ4v) is 2.30. The minimum Gasteiger partial charge on any atom is -0.497 e. The highest BCUT2D eigenvalue weighted by atomic mass is 32.1. The van der Waals surface area contributed by atoms with Crippen LogP contribution in [0.15, 0.2) is 29.1 Å². The van der Waals surface area contributed by atoms with Gasteiger partial charge in [0, 0.05) is 29.3 Å². The van der Waals surface area contributed by atoms with E-state index in [4.69, 9.17) is 9.47 Å². The van der Waals surface area contributed by atoms with Gasteiger partial charge in [-0.25, -0.2) is 4.98 Å². The molecule has 96 valence electrons. The largest absolute Gasteiger partial charge is 0.497 e. The van der Waals surface area contributed by atoms with E-state index in [9.17, 15) is 0 Å². The Labute approximate surface area is 111 Å². The van der Waals surface area contributed by atoms with Gasteiger partial charge >= 0.3 is 0 Å². The standard InChI is InChI=1S/C13H16N2O2S/c1-9(13-7-18-8-14-13)15-10-4-11(16-2)6-12(5-10)17-3/h4-9,15H,1-3H3. The second-order valence-electron chi connectivity index (χ2n) is 3.88. The Morgan fingerprint density at radius 2 is 1.83 bits per heavy atom. The molecule has 0 amide bonds. The SMILES string of the molecule is COc1cc(NC(C)c2cscn2)cc(OC)c1. The van der Waals surface area contributed by atoms with E-state index < -0.39 is 0 Å². The second kappa shape index (κ2) is 5.73. The molecule has 0 spiro atoms. The molecule has 1 aromatic heterocycles. The van der Waals surface area contributed by atoms with Crippen LogP contribution >= 0.6 is 11.3 Å². The lowest BCUT2D eigenvalue weighted by atomic mass is 10.2. The summed E-state index contributed by atoms with van der Waals surface area (Å²) in [5.74, 6) is 1.53. The highest BCUT2D eigenvalue weighted by Crippen LogP contribution is 2.28. The van der Waals surface area contributed by atoms with E-state index >= 15 is 0 Å².